The summed E-state index contributed by atoms with van der Waals surface area (Å²) in [6.45, 7) is 12.3. The number of hydrogen-bond donors (Lipinski definition) is 2. The van der Waals surface area contributed by atoms with E-state index in [0.29, 0.717) is 49.8 Å². The van der Waals surface area contributed by atoms with E-state index in [9.17, 15) is 9.59 Å². The lowest BCUT2D eigenvalue weighted by Crippen LogP contribution is -2.44. The second kappa shape index (κ2) is 15.9. The number of pyridine rings is 2. The molecule has 0 bridgehead atoms. The first kappa shape index (κ1) is 31.8. The number of esters is 1. The van der Waals surface area contributed by atoms with Crippen molar-refractivity contribution in [2.24, 2.45) is 11.6 Å². The predicted octanol–water partition coefficient (Wildman–Crippen LogP) is 3.08. The largest absolute Gasteiger partial charge is 0.466 e. The van der Waals surface area contributed by atoms with Crippen molar-refractivity contribution in [3.05, 3.63) is 63.5 Å². The molecule has 2 aromatic rings. The van der Waals surface area contributed by atoms with Gasteiger partial charge in [-0.05, 0) is 37.5 Å². The molecule has 0 aromatic carbocycles. The number of anilines is 1. The summed E-state index contributed by atoms with van der Waals surface area (Å²) in [6.07, 6.45) is 4.42. The number of ether oxygens (including phenoxy) is 2. The molecular formula is C29H46N6O4. The van der Waals surface area contributed by atoms with Crippen molar-refractivity contribution >= 4 is 17.4 Å². The number of nitrogens with zero attached hydrogens (tertiary/aromatic N) is 4. The number of carbonyl (C=O) groups is 1. The van der Waals surface area contributed by atoms with Crippen molar-refractivity contribution in [1.29, 1.82) is 0 Å². The smallest absolute Gasteiger partial charge is 0.308 e. The van der Waals surface area contributed by atoms with Gasteiger partial charge in [0, 0.05) is 32.4 Å². The monoisotopic (exact) mass is 542 g/mol. The van der Waals surface area contributed by atoms with Crippen molar-refractivity contribution < 1.29 is 14.3 Å². The summed E-state index contributed by atoms with van der Waals surface area (Å²) in [5.74, 6) is 5.90. The fourth-order valence-electron chi connectivity index (χ4n) is 4.50. The van der Waals surface area contributed by atoms with Crippen molar-refractivity contribution in [3.8, 4) is 0 Å². The fraction of sp³-hybridized carbons (Fsp3) is 0.552. The summed E-state index contributed by atoms with van der Waals surface area (Å²) >= 11 is 0. The van der Waals surface area contributed by atoms with Crippen LogP contribution in [0.2, 0.25) is 0 Å². The molecule has 1 saturated heterocycles. The molecule has 10 heteroatoms. The molecule has 0 radical (unpaired) electrons. The Kier molecular flexibility index (Phi) is 13.0. The topological polar surface area (TPSA) is 129 Å². The standard InChI is InChI=1S/C27H40N6O4.C2H6/c1-5-8-19-9-12-25(34)33(16-19)18-24(31(4)29)27(28)22-10-11-23(21(6-2)30-22)32-13-14-37-20(17-32)15-26(35)36-7-3;1-2/h9-12,16,20H,5-8,13-15,17-18,28-29H2,1-4H3;1-2H3/b27-24-;. The molecule has 2 aromatic heterocycles. The van der Waals surface area contributed by atoms with Crippen LogP contribution in [0.4, 0.5) is 5.69 Å². The first-order valence-electron chi connectivity index (χ1n) is 14.0. The molecule has 216 valence electrons. The number of rotatable bonds is 11. The highest BCUT2D eigenvalue weighted by atomic mass is 16.5. The van der Waals surface area contributed by atoms with Gasteiger partial charge in [-0.1, -0.05) is 40.2 Å². The van der Waals surface area contributed by atoms with Gasteiger partial charge >= 0.3 is 5.97 Å². The van der Waals surface area contributed by atoms with E-state index in [0.717, 1.165) is 29.8 Å². The first-order chi connectivity index (χ1) is 18.8. The SMILES string of the molecule is CC.CCCc1ccc(=O)n(C/C(=C(/N)c2ccc(N3CCOC(CC(=O)OCC)C3)c(CC)n2)N(C)N)c1. The average Bonchev–Trinajstić information content (AvgIpc) is 2.94. The highest BCUT2D eigenvalue weighted by Crippen LogP contribution is 2.26. The molecule has 0 aliphatic carbocycles. The van der Waals surface area contributed by atoms with Crippen LogP contribution in [0.15, 0.2) is 41.0 Å². The number of allylic oxidation sites excluding steroid dienone is 1. The first-order valence-corrected chi connectivity index (χ1v) is 14.0. The summed E-state index contributed by atoms with van der Waals surface area (Å²) in [7, 11) is 1.70. The van der Waals surface area contributed by atoms with E-state index in [-0.39, 0.29) is 30.6 Å². The number of likely N-dealkylation sites (N-methyl/N-ethyl adjacent to an activating group) is 1. The number of aromatic nitrogens is 2. The van der Waals surface area contributed by atoms with Gasteiger partial charge in [0.25, 0.3) is 5.56 Å². The number of aryl methyl sites for hydroxylation is 2. The van der Waals surface area contributed by atoms with Crippen LogP contribution in [0.1, 0.15) is 64.4 Å². The predicted molar refractivity (Wildman–Crippen MR) is 156 cm³/mol. The molecule has 4 N–H and O–H groups in total. The van der Waals surface area contributed by atoms with Gasteiger partial charge in [0.15, 0.2) is 0 Å². The Bertz CT molecular complexity index is 1160. The lowest BCUT2D eigenvalue weighted by molar-refractivity contribution is -0.146. The fourth-order valence-corrected chi connectivity index (χ4v) is 4.50. The summed E-state index contributed by atoms with van der Waals surface area (Å²) < 4.78 is 12.5. The molecule has 0 amide bonds. The van der Waals surface area contributed by atoms with Crippen LogP contribution < -0.4 is 22.0 Å². The Hall–Kier alpha value is -3.37. The third-order valence-corrected chi connectivity index (χ3v) is 6.38. The van der Waals surface area contributed by atoms with Crippen molar-refractivity contribution in [2.75, 3.05) is 38.3 Å². The Morgan fingerprint density at radius 3 is 2.59 bits per heavy atom. The Morgan fingerprint density at radius 2 is 1.95 bits per heavy atom. The lowest BCUT2D eigenvalue weighted by Gasteiger charge is -2.35. The minimum Gasteiger partial charge on any atom is -0.466 e. The summed E-state index contributed by atoms with van der Waals surface area (Å²) in [5, 5.41) is 1.44. The normalized spacial score (nSPS) is 15.7. The van der Waals surface area contributed by atoms with E-state index in [4.69, 9.17) is 26.0 Å². The Balaban J connectivity index is 0.00000260. The Morgan fingerprint density at radius 1 is 1.21 bits per heavy atom. The van der Waals surface area contributed by atoms with Crippen LogP contribution in [0, 0.1) is 0 Å². The summed E-state index contributed by atoms with van der Waals surface area (Å²) in [4.78, 5) is 31.5. The van der Waals surface area contributed by atoms with Gasteiger partial charge in [0.1, 0.15) is 0 Å². The lowest BCUT2D eigenvalue weighted by atomic mass is 10.1. The van der Waals surface area contributed by atoms with Gasteiger partial charge < -0.3 is 29.7 Å². The van der Waals surface area contributed by atoms with Gasteiger partial charge in [0.2, 0.25) is 0 Å². The van der Waals surface area contributed by atoms with Crippen molar-refractivity contribution in [3.63, 3.8) is 0 Å². The molecule has 10 nitrogen and oxygen atoms in total. The van der Waals surface area contributed by atoms with Crippen LogP contribution in [0.5, 0.6) is 0 Å². The minimum atomic E-state index is -0.255. The van der Waals surface area contributed by atoms with Crippen LogP contribution in [0.3, 0.4) is 0 Å². The third-order valence-electron chi connectivity index (χ3n) is 6.38. The number of carbonyl (C=O) groups excluding carboxylic acids is 1. The highest BCUT2D eigenvalue weighted by molar-refractivity contribution is 5.70. The maximum Gasteiger partial charge on any atom is 0.308 e. The van der Waals surface area contributed by atoms with Crippen LogP contribution in [-0.4, -0.2) is 60.0 Å². The average molecular weight is 543 g/mol. The quantitative estimate of drug-likeness (QED) is 0.250. The Labute approximate surface area is 232 Å². The molecule has 3 heterocycles. The third kappa shape index (κ3) is 8.83. The molecule has 3 rings (SSSR count). The van der Waals surface area contributed by atoms with Gasteiger partial charge in [-0.25, -0.2) is 10.8 Å². The van der Waals surface area contributed by atoms with Crippen molar-refractivity contribution in [2.45, 2.75) is 73.0 Å². The zero-order chi connectivity index (χ0) is 28.9. The summed E-state index contributed by atoms with van der Waals surface area (Å²) in [5.41, 5.74) is 11.0. The number of hydrazine groups is 1. The molecule has 1 unspecified atom stereocenters. The van der Waals surface area contributed by atoms with Crippen LogP contribution in [0.25, 0.3) is 5.70 Å². The molecule has 1 aliphatic rings. The highest BCUT2D eigenvalue weighted by Gasteiger charge is 2.25. The van der Waals surface area contributed by atoms with E-state index in [1.54, 1.807) is 24.6 Å². The second-order valence-electron chi connectivity index (χ2n) is 9.19. The molecule has 0 spiro atoms. The molecule has 39 heavy (non-hydrogen) atoms. The maximum atomic E-state index is 12.5. The van der Waals surface area contributed by atoms with Gasteiger partial charge in [-0.3, -0.25) is 9.59 Å². The summed E-state index contributed by atoms with van der Waals surface area (Å²) in [6, 6.07) is 7.31. The molecule has 1 aliphatic heterocycles. The minimum absolute atomic E-state index is 0.116. The van der Waals surface area contributed by atoms with E-state index in [1.165, 1.54) is 5.01 Å². The number of hydrogen-bond acceptors (Lipinski definition) is 9. The number of nitrogens with two attached hydrogens (primary N) is 2. The van der Waals surface area contributed by atoms with E-state index in [2.05, 4.69) is 11.8 Å². The van der Waals surface area contributed by atoms with Gasteiger partial charge in [-0.15, -0.1) is 0 Å². The zero-order valence-corrected chi connectivity index (χ0v) is 24.4. The molecule has 1 fully saturated rings. The van der Waals surface area contributed by atoms with Gasteiger partial charge in [-0.2, -0.15) is 0 Å². The molecule has 0 saturated carbocycles. The number of morpholine rings is 1. The van der Waals surface area contributed by atoms with E-state index < -0.39 is 0 Å². The van der Waals surface area contributed by atoms with Gasteiger partial charge in [0.05, 0.1) is 60.8 Å². The van der Waals surface area contributed by atoms with Crippen LogP contribution >= 0.6 is 0 Å². The van der Waals surface area contributed by atoms with Crippen molar-refractivity contribution in [1.82, 2.24) is 14.6 Å². The zero-order valence-electron chi connectivity index (χ0n) is 24.4. The maximum absolute atomic E-state index is 12.5. The molecular weight excluding hydrogens is 496 g/mol. The molecule has 1 atom stereocenters. The van der Waals surface area contributed by atoms with E-state index >= 15 is 0 Å². The second-order valence-corrected chi connectivity index (χ2v) is 9.19. The van der Waals surface area contributed by atoms with Crippen LogP contribution in [-0.2, 0) is 33.7 Å². The van der Waals surface area contributed by atoms with E-state index in [1.807, 2.05) is 45.2 Å².